The third-order valence-corrected chi connectivity index (χ3v) is 6.99. The van der Waals surface area contributed by atoms with Crippen molar-refractivity contribution in [2.45, 2.75) is 11.8 Å². The zero-order chi connectivity index (χ0) is 27.2. The van der Waals surface area contributed by atoms with Crippen molar-refractivity contribution in [1.82, 2.24) is 9.78 Å². The number of carbonyl (C=O) groups is 2. The van der Waals surface area contributed by atoms with E-state index in [1.165, 1.54) is 16.8 Å². The molecule has 12 heteroatoms. The number of nitrogen functional groups attached to an aromatic ring is 1. The number of amides is 2. The lowest BCUT2D eigenvalue weighted by Gasteiger charge is -2.27. The Hall–Kier alpha value is -4.81. The molecule has 1 aliphatic rings. The molecule has 2 amide bonds. The number of nitrogens with two attached hydrogens (primary N) is 2. The maximum atomic E-state index is 13.5. The molecule has 1 aromatic heterocycles. The Labute approximate surface area is 217 Å². The number of fused-ring (bicyclic) bond motifs is 1. The number of carbonyl (C=O) groups excluding carboxylic acids is 2. The molecule has 5 rings (SSSR count). The highest BCUT2D eigenvalue weighted by atomic mass is 32.2. The molecular formula is C26H22N6O5S. The zero-order valence-corrected chi connectivity index (χ0v) is 20.9. The number of imide groups is 1. The van der Waals surface area contributed by atoms with Crippen LogP contribution in [0.4, 0.5) is 5.69 Å². The van der Waals surface area contributed by atoms with Gasteiger partial charge < -0.3 is 10.5 Å². The molecule has 0 unspecified atom stereocenters. The van der Waals surface area contributed by atoms with E-state index >= 15 is 0 Å². The van der Waals surface area contributed by atoms with Crippen LogP contribution in [-0.4, -0.2) is 42.5 Å². The molecule has 192 valence electrons. The first-order valence-corrected chi connectivity index (χ1v) is 12.9. The van der Waals surface area contributed by atoms with Crippen LogP contribution in [0.15, 0.2) is 77.7 Å². The van der Waals surface area contributed by atoms with Crippen molar-refractivity contribution in [3.05, 3.63) is 89.7 Å². The smallest absolute Gasteiger partial charge is 0.285 e. The summed E-state index contributed by atoms with van der Waals surface area (Å²) >= 11 is 0. The minimum Gasteiger partial charge on any atom is -0.482 e. The second-order valence-corrected chi connectivity index (χ2v) is 10.1. The van der Waals surface area contributed by atoms with Gasteiger partial charge >= 0.3 is 0 Å². The number of amidine groups is 1. The first-order chi connectivity index (χ1) is 18.0. The van der Waals surface area contributed by atoms with Crippen LogP contribution >= 0.6 is 0 Å². The first-order valence-electron chi connectivity index (χ1n) is 11.3. The number of hydrogen-bond donors (Lipinski definition) is 3. The number of nitrogens with one attached hydrogen (secondary N) is 1. The number of hydrogen-bond acceptors (Lipinski definition) is 7. The summed E-state index contributed by atoms with van der Waals surface area (Å²) in [6.07, 6.45) is 0. The van der Waals surface area contributed by atoms with Gasteiger partial charge in [-0.05, 0) is 48.9 Å². The first kappa shape index (κ1) is 24.9. The Morgan fingerprint density at radius 1 is 1.05 bits per heavy atom. The van der Waals surface area contributed by atoms with Crippen molar-refractivity contribution in [1.29, 1.82) is 5.41 Å². The summed E-state index contributed by atoms with van der Waals surface area (Å²) in [5, 5.41) is 17.4. The van der Waals surface area contributed by atoms with Crippen LogP contribution in [0.5, 0.6) is 5.75 Å². The highest BCUT2D eigenvalue weighted by Gasteiger charge is 2.33. The number of sulfonamides is 1. The summed E-state index contributed by atoms with van der Waals surface area (Å²) in [6, 6.07) is 19.3. The van der Waals surface area contributed by atoms with E-state index in [1.807, 2.05) is 0 Å². The SMILES string of the molecule is Cc1cc(C(=O)N2C(=O)COc3cc(-c4ccccc4S(N)(=O)=O)ccc32)nn1-c1cccc(C(=N)N)c1. The third-order valence-electron chi connectivity index (χ3n) is 6.02. The van der Waals surface area contributed by atoms with E-state index in [0.717, 1.165) is 4.90 Å². The fourth-order valence-electron chi connectivity index (χ4n) is 4.26. The van der Waals surface area contributed by atoms with Gasteiger partial charge in [0.2, 0.25) is 10.0 Å². The lowest BCUT2D eigenvalue weighted by atomic mass is 10.0. The molecule has 0 saturated carbocycles. The van der Waals surface area contributed by atoms with Gasteiger partial charge in [-0.1, -0.05) is 36.4 Å². The largest absolute Gasteiger partial charge is 0.482 e. The van der Waals surface area contributed by atoms with E-state index in [0.29, 0.717) is 28.1 Å². The highest BCUT2D eigenvalue weighted by molar-refractivity contribution is 7.89. The summed E-state index contributed by atoms with van der Waals surface area (Å²) in [4.78, 5) is 27.2. The van der Waals surface area contributed by atoms with Gasteiger partial charge in [-0.15, -0.1) is 0 Å². The molecule has 4 aromatic rings. The zero-order valence-electron chi connectivity index (χ0n) is 20.1. The molecule has 0 saturated heterocycles. The number of primary sulfonamides is 1. The summed E-state index contributed by atoms with van der Waals surface area (Å²) in [6.45, 7) is 1.37. The number of aromatic nitrogens is 2. The third kappa shape index (κ3) is 4.42. The van der Waals surface area contributed by atoms with Gasteiger partial charge in [0.05, 0.1) is 16.3 Å². The van der Waals surface area contributed by atoms with Crippen LogP contribution in [0.1, 0.15) is 21.7 Å². The van der Waals surface area contributed by atoms with Crippen LogP contribution in [0.2, 0.25) is 0 Å². The van der Waals surface area contributed by atoms with E-state index in [9.17, 15) is 18.0 Å². The molecule has 2 heterocycles. The molecule has 5 N–H and O–H groups in total. The standard InChI is InChI=1S/C26H22N6O5S/c1-15-11-20(30-32(15)18-6-4-5-17(12-18)25(27)28)26(34)31-21-10-9-16(13-22(21)37-14-24(31)33)19-7-2-3-8-23(19)38(29,35)36/h2-13H,14H2,1H3,(H3,27,28)(H2,29,35,36). The minimum absolute atomic E-state index is 0.0283. The molecular weight excluding hydrogens is 508 g/mol. The van der Waals surface area contributed by atoms with Crippen molar-refractivity contribution in [2.24, 2.45) is 10.9 Å². The predicted molar refractivity (Wildman–Crippen MR) is 140 cm³/mol. The Morgan fingerprint density at radius 3 is 2.55 bits per heavy atom. The maximum Gasteiger partial charge on any atom is 0.285 e. The van der Waals surface area contributed by atoms with E-state index < -0.39 is 21.8 Å². The predicted octanol–water partition coefficient (Wildman–Crippen LogP) is 2.34. The average Bonchev–Trinajstić information content (AvgIpc) is 3.29. The van der Waals surface area contributed by atoms with E-state index in [2.05, 4.69) is 5.10 Å². The van der Waals surface area contributed by atoms with Crippen molar-refractivity contribution >= 4 is 33.4 Å². The molecule has 0 fully saturated rings. The average molecular weight is 531 g/mol. The number of benzene rings is 3. The number of anilines is 1. The monoisotopic (exact) mass is 530 g/mol. The van der Waals surface area contributed by atoms with E-state index in [4.69, 9.17) is 21.0 Å². The summed E-state index contributed by atoms with van der Waals surface area (Å²) in [5.41, 5.74) is 8.40. The lowest BCUT2D eigenvalue weighted by molar-refractivity contribution is -0.120. The van der Waals surface area contributed by atoms with Crippen LogP contribution in [0.3, 0.4) is 0 Å². The molecule has 0 spiro atoms. The van der Waals surface area contributed by atoms with Crippen LogP contribution in [0.25, 0.3) is 16.8 Å². The molecule has 1 aliphatic heterocycles. The Kier molecular flexibility index (Phi) is 6.05. The Bertz CT molecular complexity index is 1740. The van der Waals surface area contributed by atoms with Crippen LogP contribution in [-0.2, 0) is 14.8 Å². The number of ether oxygens (including phenoxy) is 1. The minimum atomic E-state index is -3.99. The highest BCUT2D eigenvalue weighted by Crippen LogP contribution is 2.38. The van der Waals surface area contributed by atoms with Gasteiger partial charge in [-0.3, -0.25) is 15.0 Å². The van der Waals surface area contributed by atoms with E-state index in [1.54, 1.807) is 67.6 Å². The quantitative estimate of drug-likeness (QED) is 0.202. The topological polar surface area (TPSA) is 174 Å². The summed E-state index contributed by atoms with van der Waals surface area (Å²) < 4.78 is 31.2. The van der Waals surface area contributed by atoms with Gasteiger partial charge in [-0.2, -0.15) is 5.10 Å². The fraction of sp³-hybridized carbons (Fsp3) is 0.0769. The second-order valence-electron chi connectivity index (χ2n) is 8.59. The molecule has 3 aromatic carbocycles. The summed E-state index contributed by atoms with van der Waals surface area (Å²) in [7, 11) is -3.99. The second kappa shape index (κ2) is 9.25. The fourth-order valence-corrected chi connectivity index (χ4v) is 5.02. The van der Waals surface area contributed by atoms with Crippen molar-refractivity contribution in [2.75, 3.05) is 11.5 Å². The maximum absolute atomic E-state index is 13.5. The Balaban J connectivity index is 1.52. The van der Waals surface area contributed by atoms with Gasteiger partial charge in [0.15, 0.2) is 12.3 Å². The number of aryl methyl sites for hydroxylation is 1. The lowest BCUT2D eigenvalue weighted by Crippen LogP contribution is -2.43. The van der Waals surface area contributed by atoms with Crippen molar-refractivity contribution in [3.63, 3.8) is 0 Å². The van der Waals surface area contributed by atoms with Crippen LogP contribution in [0, 0.1) is 12.3 Å². The normalized spacial score (nSPS) is 13.1. The molecule has 0 radical (unpaired) electrons. The molecule has 0 bridgehead atoms. The van der Waals surface area contributed by atoms with E-state index in [-0.39, 0.29) is 34.5 Å². The van der Waals surface area contributed by atoms with Gasteiger partial charge in [0, 0.05) is 16.8 Å². The molecule has 0 aliphatic carbocycles. The number of rotatable bonds is 5. The van der Waals surface area contributed by atoms with Crippen molar-refractivity contribution < 1.29 is 22.7 Å². The van der Waals surface area contributed by atoms with Crippen molar-refractivity contribution in [3.8, 4) is 22.6 Å². The Morgan fingerprint density at radius 2 is 1.82 bits per heavy atom. The summed E-state index contributed by atoms with van der Waals surface area (Å²) in [5.74, 6) is -1.10. The molecule has 38 heavy (non-hydrogen) atoms. The number of nitrogens with zero attached hydrogens (tertiary/aromatic N) is 3. The molecule has 11 nitrogen and oxygen atoms in total. The van der Waals surface area contributed by atoms with Gasteiger partial charge in [-0.25, -0.2) is 23.1 Å². The molecule has 0 atom stereocenters. The van der Waals surface area contributed by atoms with Gasteiger partial charge in [0.25, 0.3) is 11.8 Å². The van der Waals surface area contributed by atoms with Gasteiger partial charge in [0.1, 0.15) is 11.6 Å². The van der Waals surface area contributed by atoms with Crippen LogP contribution < -0.4 is 20.5 Å².